The summed E-state index contributed by atoms with van der Waals surface area (Å²) in [6.07, 6.45) is 6.70. The molecule has 4 heteroatoms. The van der Waals surface area contributed by atoms with Gasteiger partial charge in [0.2, 0.25) is 5.91 Å². The van der Waals surface area contributed by atoms with E-state index in [0.717, 1.165) is 25.9 Å². The summed E-state index contributed by atoms with van der Waals surface area (Å²) < 4.78 is 0. The smallest absolute Gasteiger partial charge is 0.237 e. The Hall–Kier alpha value is -0.610. The number of carbonyl (C=O) groups excluding carboxylic acids is 1. The molecule has 1 N–H and O–H groups in total. The third kappa shape index (κ3) is 4.45. The quantitative estimate of drug-likeness (QED) is 0.775. The van der Waals surface area contributed by atoms with E-state index in [4.69, 9.17) is 0 Å². The largest absolute Gasteiger partial charge is 0.396 e. The van der Waals surface area contributed by atoms with E-state index in [-0.39, 0.29) is 6.61 Å². The van der Waals surface area contributed by atoms with Gasteiger partial charge in [-0.25, -0.2) is 0 Å². The summed E-state index contributed by atoms with van der Waals surface area (Å²) in [5, 5.41) is 9.17. The Balaban J connectivity index is 1.90. The predicted molar refractivity (Wildman–Crippen MR) is 80.5 cm³/mol. The van der Waals surface area contributed by atoms with E-state index < -0.39 is 0 Å². The lowest BCUT2D eigenvalue weighted by Crippen LogP contribution is -2.48. The molecule has 1 aliphatic carbocycles. The minimum Gasteiger partial charge on any atom is -0.396 e. The second-order valence-electron chi connectivity index (χ2n) is 6.80. The fraction of sp³-hybridized carbons (Fsp3) is 0.938. The van der Waals surface area contributed by atoms with Crippen molar-refractivity contribution in [1.82, 2.24) is 9.80 Å². The van der Waals surface area contributed by atoms with Crippen molar-refractivity contribution in [3.05, 3.63) is 0 Å². The molecule has 1 heterocycles. The highest BCUT2D eigenvalue weighted by Gasteiger charge is 2.34. The summed E-state index contributed by atoms with van der Waals surface area (Å²) in [4.78, 5) is 17.0. The van der Waals surface area contributed by atoms with E-state index >= 15 is 0 Å². The van der Waals surface area contributed by atoms with Gasteiger partial charge in [-0.15, -0.1) is 0 Å². The van der Waals surface area contributed by atoms with Gasteiger partial charge >= 0.3 is 0 Å². The number of amides is 1. The van der Waals surface area contributed by atoms with Gasteiger partial charge in [0.25, 0.3) is 0 Å². The van der Waals surface area contributed by atoms with E-state index in [1.165, 1.54) is 25.7 Å². The molecule has 0 spiro atoms. The SMILES string of the molecule is CC(C)CN(C(=O)CN1CCCCC1CCO)C1CC1. The van der Waals surface area contributed by atoms with E-state index in [9.17, 15) is 9.90 Å². The topological polar surface area (TPSA) is 43.8 Å². The molecule has 0 aromatic heterocycles. The average molecular weight is 282 g/mol. The van der Waals surface area contributed by atoms with E-state index in [1.54, 1.807) is 0 Å². The Morgan fingerprint density at radius 2 is 2.05 bits per heavy atom. The molecular weight excluding hydrogens is 252 g/mol. The Morgan fingerprint density at radius 3 is 2.65 bits per heavy atom. The van der Waals surface area contributed by atoms with Crippen molar-refractivity contribution in [1.29, 1.82) is 0 Å². The number of aliphatic hydroxyl groups excluding tert-OH is 1. The minimum atomic E-state index is 0.230. The molecule has 20 heavy (non-hydrogen) atoms. The molecule has 0 aromatic rings. The lowest BCUT2D eigenvalue weighted by Gasteiger charge is -2.36. The fourth-order valence-electron chi connectivity index (χ4n) is 3.24. The highest BCUT2D eigenvalue weighted by Crippen LogP contribution is 2.28. The zero-order chi connectivity index (χ0) is 14.5. The molecule has 0 bridgehead atoms. The number of carbonyl (C=O) groups is 1. The number of piperidine rings is 1. The number of rotatable bonds is 7. The van der Waals surface area contributed by atoms with E-state index in [1.807, 2.05) is 0 Å². The fourth-order valence-corrected chi connectivity index (χ4v) is 3.24. The van der Waals surface area contributed by atoms with Crippen molar-refractivity contribution in [2.24, 2.45) is 5.92 Å². The van der Waals surface area contributed by atoms with Crippen LogP contribution in [-0.4, -0.2) is 59.1 Å². The Kier molecular flexibility index (Phi) is 5.85. The van der Waals surface area contributed by atoms with Gasteiger partial charge in [-0.2, -0.15) is 0 Å². The number of nitrogens with zero attached hydrogens (tertiary/aromatic N) is 2. The standard InChI is InChI=1S/C16H30N2O2/c1-13(2)11-18(15-6-7-15)16(20)12-17-9-4-3-5-14(17)8-10-19/h13-15,19H,3-12H2,1-2H3. The van der Waals surface area contributed by atoms with Crippen LogP contribution < -0.4 is 0 Å². The third-order valence-corrected chi connectivity index (χ3v) is 4.42. The average Bonchev–Trinajstić information content (AvgIpc) is 3.22. The Morgan fingerprint density at radius 1 is 1.30 bits per heavy atom. The molecule has 1 saturated carbocycles. The molecule has 1 aliphatic heterocycles. The molecule has 4 nitrogen and oxygen atoms in total. The number of hydrogen-bond donors (Lipinski definition) is 1. The van der Waals surface area contributed by atoms with Crippen LogP contribution in [0.15, 0.2) is 0 Å². The summed E-state index contributed by atoms with van der Waals surface area (Å²) in [5.74, 6) is 0.834. The third-order valence-electron chi connectivity index (χ3n) is 4.42. The van der Waals surface area contributed by atoms with Crippen LogP contribution in [0.1, 0.15) is 52.4 Å². The van der Waals surface area contributed by atoms with Crippen molar-refractivity contribution in [3.8, 4) is 0 Å². The Labute approximate surface area is 123 Å². The maximum Gasteiger partial charge on any atom is 0.237 e. The molecule has 1 atom stereocenters. The van der Waals surface area contributed by atoms with Crippen molar-refractivity contribution >= 4 is 5.91 Å². The first-order chi connectivity index (χ1) is 9.61. The summed E-state index contributed by atoms with van der Waals surface area (Å²) in [7, 11) is 0. The highest BCUT2D eigenvalue weighted by molar-refractivity contribution is 5.79. The van der Waals surface area contributed by atoms with E-state index in [2.05, 4.69) is 23.6 Å². The first-order valence-corrected chi connectivity index (χ1v) is 8.26. The van der Waals surface area contributed by atoms with Gasteiger partial charge in [-0.05, 0) is 44.6 Å². The van der Waals surface area contributed by atoms with Gasteiger partial charge in [0.15, 0.2) is 0 Å². The van der Waals surface area contributed by atoms with Crippen molar-refractivity contribution in [2.75, 3.05) is 26.2 Å². The van der Waals surface area contributed by atoms with Crippen molar-refractivity contribution in [2.45, 2.75) is 64.5 Å². The number of likely N-dealkylation sites (tertiary alicyclic amines) is 1. The van der Waals surface area contributed by atoms with Crippen LogP contribution in [0.2, 0.25) is 0 Å². The zero-order valence-electron chi connectivity index (χ0n) is 13.1. The van der Waals surface area contributed by atoms with Gasteiger partial charge in [0.05, 0.1) is 6.54 Å². The molecule has 0 radical (unpaired) electrons. The van der Waals surface area contributed by atoms with Crippen LogP contribution in [-0.2, 0) is 4.79 Å². The van der Waals surface area contributed by atoms with Gasteiger partial charge in [0.1, 0.15) is 0 Å². The summed E-state index contributed by atoms with van der Waals surface area (Å²) in [6, 6.07) is 0.906. The van der Waals surface area contributed by atoms with Crippen LogP contribution in [0.4, 0.5) is 0 Å². The maximum absolute atomic E-state index is 12.6. The number of aliphatic hydroxyl groups is 1. The highest BCUT2D eigenvalue weighted by atomic mass is 16.3. The van der Waals surface area contributed by atoms with Crippen LogP contribution in [0.3, 0.4) is 0 Å². The molecule has 0 aromatic carbocycles. The molecule has 2 aliphatic rings. The molecular formula is C16H30N2O2. The maximum atomic E-state index is 12.6. The minimum absolute atomic E-state index is 0.230. The summed E-state index contributed by atoms with van der Waals surface area (Å²) in [5.41, 5.74) is 0. The summed E-state index contributed by atoms with van der Waals surface area (Å²) in [6.45, 7) is 7.04. The van der Waals surface area contributed by atoms with Gasteiger partial charge in [-0.1, -0.05) is 20.3 Å². The van der Waals surface area contributed by atoms with Crippen LogP contribution in [0.25, 0.3) is 0 Å². The molecule has 116 valence electrons. The second-order valence-corrected chi connectivity index (χ2v) is 6.80. The Bertz CT molecular complexity index is 314. The monoisotopic (exact) mass is 282 g/mol. The van der Waals surface area contributed by atoms with Crippen LogP contribution in [0, 0.1) is 5.92 Å². The van der Waals surface area contributed by atoms with Gasteiger partial charge in [-0.3, -0.25) is 9.69 Å². The first-order valence-electron chi connectivity index (χ1n) is 8.26. The number of hydrogen-bond acceptors (Lipinski definition) is 3. The van der Waals surface area contributed by atoms with Gasteiger partial charge < -0.3 is 10.0 Å². The predicted octanol–water partition coefficient (Wildman–Crippen LogP) is 1.87. The molecule has 1 amide bonds. The molecule has 1 saturated heterocycles. The van der Waals surface area contributed by atoms with Gasteiger partial charge in [0, 0.05) is 25.2 Å². The first kappa shape index (κ1) is 15.8. The molecule has 2 rings (SSSR count). The van der Waals surface area contributed by atoms with Crippen molar-refractivity contribution < 1.29 is 9.90 Å². The molecule has 2 fully saturated rings. The summed E-state index contributed by atoms with van der Waals surface area (Å²) >= 11 is 0. The van der Waals surface area contributed by atoms with Crippen LogP contribution in [0.5, 0.6) is 0 Å². The normalized spacial score (nSPS) is 24.1. The second kappa shape index (κ2) is 7.41. The lowest BCUT2D eigenvalue weighted by molar-refractivity contribution is -0.134. The zero-order valence-corrected chi connectivity index (χ0v) is 13.1. The lowest BCUT2D eigenvalue weighted by atomic mass is 9.99. The molecule has 1 unspecified atom stereocenters. The van der Waals surface area contributed by atoms with Crippen LogP contribution >= 0.6 is 0 Å². The van der Waals surface area contributed by atoms with Crippen molar-refractivity contribution in [3.63, 3.8) is 0 Å². The van der Waals surface area contributed by atoms with E-state index in [0.29, 0.717) is 30.5 Å².